The number of carbonyl (C=O) groups is 1. The molecule has 0 bridgehead atoms. The molecule has 8 heteroatoms. The lowest BCUT2D eigenvalue weighted by molar-refractivity contribution is -0.136. The predicted molar refractivity (Wildman–Crippen MR) is 108 cm³/mol. The summed E-state index contributed by atoms with van der Waals surface area (Å²) in [5, 5.41) is 6.55. The first-order valence-corrected chi connectivity index (χ1v) is 9.28. The van der Waals surface area contributed by atoms with Crippen LogP contribution in [0.15, 0.2) is 23.4 Å². The minimum absolute atomic E-state index is 0.412. The van der Waals surface area contributed by atoms with E-state index in [9.17, 15) is 4.79 Å². The number of nitrogens with one attached hydrogen (secondary N) is 2. The van der Waals surface area contributed by atoms with Gasteiger partial charge in [-0.25, -0.2) is 4.79 Å². The van der Waals surface area contributed by atoms with Crippen LogP contribution in [0.1, 0.15) is 31.9 Å². The van der Waals surface area contributed by atoms with Crippen LogP contribution in [-0.2, 0) is 9.53 Å². The number of thiocarbonyl (C=S) groups is 1. The van der Waals surface area contributed by atoms with Gasteiger partial charge in [0.15, 0.2) is 16.6 Å². The summed E-state index contributed by atoms with van der Waals surface area (Å²) in [5.41, 5.74) is 1.99. The fourth-order valence-electron chi connectivity index (χ4n) is 2.58. The number of benzene rings is 1. The predicted octanol–water partition coefficient (Wildman–Crippen LogP) is 3.05. The van der Waals surface area contributed by atoms with Gasteiger partial charge in [0.05, 0.1) is 36.0 Å². The van der Waals surface area contributed by atoms with Gasteiger partial charge in [-0.1, -0.05) is 6.92 Å². The average Bonchev–Trinajstić information content (AvgIpc) is 2.58. The summed E-state index contributed by atoms with van der Waals surface area (Å²) >= 11 is 7.45. The third-order valence-electron chi connectivity index (χ3n) is 3.71. The Morgan fingerprint density at radius 1 is 1.36 bits per heavy atom. The van der Waals surface area contributed by atoms with E-state index in [4.69, 9.17) is 26.4 Å². The van der Waals surface area contributed by atoms with Crippen LogP contribution >= 0.6 is 34.8 Å². The molecular weight excluding hydrogens is 455 g/mol. The zero-order valence-electron chi connectivity index (χ0n) is 14.6. The average molecular weight is 476 g/mol. The lowest BCUT2D eigenvalue weighted by Gasteiger charge is -2.30. The molecule has 1 aromatic carbocycles. The zero-order valence-corrected chi connectivity index (χ0v) is 17.5. The molecule has 1 unspecified atom stereocenters. The van der Waals surface area contributed by atoms with Crippen molar-refractivity contribution in [1.82, 2.24) is 10.6 Å². The highest BCUT2D eigenvalue weighted by molar-refractivity contribution is 14.1. The Kier molecular flexibility index (Phi) is 6.88. The van der Waals surface area contributed by atoms with Gasteiger partial charge in [-0.3, -0.25) is 0 Å². The molecular formula is C17H21IN2O4S. The van der Waals surface area contributed by atoms with Crippen LogP contribution in [0.5, 0.6) is 11.5 Å². The van der Waals surface area contributed by atoms with Gasteiger partial charge < -0.3 is 24.8 Å². The van der Waals surface area contributed by atoms with Crippen molar-refractivity contribution in [2.45, 2.75) is 26.3 Å². The normalized spacial score (nSPS) is 16.8. The number of rotatable bonds is 6. The van der Waals surface area contributed by atoms with E-state index < -0.39 is 12.0 Å². The van der Waals surface area contributed by atoms with Gasteiger partial charge in [-0.05, 0) is 65.8 Å². The Morgan fingerprint density at radius 3 is 2.68 bits per heavy atom. The highest BCUT2D eigenvalue weighted by Gasteiger charge is 2.31. The molecule has 0 radical (unpaired) electrons. The molecule has 1 aliphatic rings. The number of esters is 1. The monoisotopic (exact) mass is 476 g/mol. The highest BCUT2D eigenvalue weighted by Crippen LogP contribution is 2.38. The molecule has 0 spiro atoms. The van der Waals surface area contributed by atoms with E-state index in [0.29, 0.717) is 34.5 Å². The van der Waals surface area contributed by atoms with Crippen LogP contribution in [0.3, 0.4) is 0 Å². The Morgan fingerprint density at radius 2 is 2.08 bits per heavy atom. The van der Waals surface area contributed by atoms with E-state index in [-0.39, 0.29) is 0 Å². The molecule has 6 nitrogen and oxygen atoms in total. The maximum atomic E-state index is 12.3. The second-order valence-corrected chi connectivity index (χ2v) is 7.01. The van der Waals surface area contributed by atoms with Crippen LogP contribution in [0.2, 0.25) is 0 Å². The lowest BCUT2D eigenvalue weighted by Crippen LogP contribution is -2.45. The fourth-order valence-corrected chi connectivity index (χ4v) is 3.63. The van der Waals surface area contributed by atoms with E-state index in [2.05, 4.69) is 33.2 Å². The molecule has 2 N–H and O–H groups in total. The summed E-state index contributed by atoms with van der Waals surface area (Å²) in [7, 11) is 2.95. The zero-order chi connectivity index (χ0) is 18.6. The first-order chi connectivity index (χ1) is 11.9. The first-order valence-electron chi connectivity index (χ1n) is 7.79. The quantitative estimate of drug-likeness (QED) is 0.372. The van der Waals surface area contributed by atoms with Gasteiger partial charge in [0, 0.05) is 5.70 Å². The fraction of sp³-hybridized carbons (Fsp3) is 0.412. The van der Waals surface area contributed by atoms with E-state index in [0.717, 1.165) is 15.6 Å². The number of methoxy groups -OCH3 is 2. The van der Waals surface area contributed by atoms with Crippen molar-refractivity contribution >= 4 is 45.9 Å². The molecule has 2 rings (SSSR count). The van der Waals surface area contributed by atoms with E-state index >= 15 is 0 Å². The smallest absolute Gasteiger partial charge is 0.337 e. The van der Waals surface area contributed by atoms with Crippen molar-refractivity contribution in [1.29, 1.82) is 0 Å². The molecule has 25 heavy (non-hydrogen) atoms. The molecule has 1 heterocycles. The largest absolute Gasteiger partial charge is 0.493 e. The number of hydrogen-bond donors (Lipinski definition) is 2. The minimum Gasteiger partial charge on any atom is -0.493 e. The third kappa shape index (κ3) is 4.35. The van der Waals surface area contributed by atoms with Crippen LogP contribution in [0, 0.1) is 3.57 Å². The van der Waals surface area contributed by atoms with Crippen LogP contribution in [-0.4, -0.2) is 31.9 Å². The summed E-state index contributed by atoms with van der Waals surface area (Å²) in [4.78, 5) is 12.3. The molecule has 0 saturated heterocycles. The molecule has 0 fully saturated rings. The van der Waals surface area contributed by atoms with E-state index in [1.165, 1.54) is 7.11 Å². The number of allylic oxidation sites excluding steroid dienone is 1. The van der Waals surface area contributed by atoms with Crippen molar-refractivity contribution in [3.63, 3.8) is 0 Å². The number of ether oxygens (including phenoxy) is 3. The summed E-state index contributed by atoms with van der Waals surface area (Å²) in [5.74, 6) is 0.902. The second kappa shape index (κ2) is 8.70. The number of carbonyl (C=O) groups excluding carboxylic acids is 1. The molecule has 0 aliphatic carbocycles. The summed E-state index contributed by atoms with van der Waals surface area (Å²) in [6.07, 6.45) is 0.902. The molecule has 0 aromatic heterocycles. The Balaban J connectivity index is 2.51. The summed E-state index contributed by atoms with van der Waals surface area (Å²) in [6.45, 7) is 4.45. The van der Waals surface area contributed by atoms with Crippen LogP contribution in [0.25, 0.3) is 0 Å². The summed E-state index contributed by atoms with van der Waals surface area (Å²) in [6, 6.07) is 3.38. The maximum absolute atomic E-state index is 12.3. The van der Waals surface area contributed by atoms with Crippen molar-refractivity contribution in [3.05, 3.63) is 32.5 Å². The second-order valence-electron chi connectivity index (χ2n) is 5.44. The SMILES string of the molecule is CCCOc1c(I)cc(C2NC(=S)NC(C)=C2C(=O)OC)cc1OC. The third-order valence-corrected chi connectivity index (χ3v) is 4.73. The summed E-state index contributed by atoms with van der Waals surface area (Å²) < 4.78 is 17.1. The lowest BCUT2D eigenvalue weighted by atomic mass is 9.95. The first kappa shape index (κ1) is 19.8. The van der Waals surface area contributed by atoms with E-state index in [1.807, 2.05) is 19.1 Å². The topological polar surface area (TPSA) is 68.8 Å². The number of hydrogen-bond acceptors (Lipinski definition) is 5. The molecule has 1 atom stereocenters. The van der Waals surface area contributed by atoms with Gasteiger partial charge >= 0.3 is 5.97 Å². The Bertz CT molecular complexity index is 721. The van der Waals surface area contributed by atoms with Gasteiger partial charge in [0.2, 0.25) is 0 Å². The van der Waals surface area contributed by atoms with E-state index in [1.54, 1.807) is 14.0 Å². The van der Waals surface area contributed by atoms with Crippen molar-refractivity contribution in [3.8, 4) is 11.5 Å². The molecule has 136 valence electrons. The minimum atomic E-state index is -0.427. The maximum Gasteiger partial charge on any atom is 0.337 e. The van der Waals surface area contributed by atoms with Crippen molar-refractivity contribution in [2.75, 3.05) is 20.8 Å². The van der Waals surface area contributed by atoms with Gasteiger partial charge in [0.1, 0.15) is 0 Å². The van der Waals surface area contributed by atoms with Gasteiger partial charge in [-0.15, -0.1) is 0 Å². The standard InChI is InChI=1S/C17H21IN2O4S/c1-5-6-24-15-11(18)7-10(8-12(15)22-3)14-13(16(21)23-4)9(2)19-17(25)20-14/h7-8,14H,5-6H2,1-4H3,(H2,19,20,25). The molecule has 0 amide bonds. The number of halogens is 1. The van der Waals surface area contributed by atoms with Crippen molar-refractivity contribution in [2.24, 2.45) is 0 Å². The van der Waals surface area contributed by atoms with Crippen molar-refractivity contribution < 1.29 is 19.0 Å². The highest BCUT2D eigenvalue weighted by atomic mass is 127. The van der Waals surface area contributed by atoms with Gasteiger partial charge in [0.25, 0.3) is 0 Å². The van der Waals surface area contributed by atoms with Crippen LogP contribution in [0.4, 0.5) is 0 Å². The van der Waals surface area contributed by atoms with Crippen LogP contribution < -0.4 is 20.1 Å². The molecule has 1 aliphatic heterocycles. The van der Waals surface area contributed by atoms with Gasteiger partial charge in [-0.2, -0.15) is 0 Å². The molecule has 0 saturated carbocycles. The Hall–Kier alpha value is -1.55. The molecule has 1 aromatic rings. The Labute approximate surface area is 166 Å².